The van der Waals surface area contributed by atoms with E-state index in [4.69, 9.17) is 5.73 Å². The molecule has 9 heteroatoms. The number of hydrogen-bond acceptors (Lipinski definition) is 5. The number of nitrogens with two attached hydrogens (primary N) is 1. The number of amides is 1. The molecule has 0 radical (unpaired) electrons. The smallest absolute Gasteiger partial charge is 0.253 e. The zero-order valence-corrected chi connectivity index (χ0v) is 15.1. The van der Waals surface area contributed by atoms with E-state index in [0.717, 1.165) is 12.8 Å². The molecule has 2 fully saturated rings. The first-order valence-electron chi connectivity index (χ1n) is 7.59. The maximum absolute atomic E-state index is 12.6. The Hall–Kier alpha value is -0.670. The van der Waals surface area contributed by atoms with Crippen LogP contribution in [0, 0.1) is 5.92 Å². The summed E-state index contributed by atoms with van der Waals surface area (Å²) in [5, 5.41) is 4.56. The zero-order chi connectivity index (χ0) is 15.7. The fourth-order valence-corrected chi connectivity index (χ4v) is 5.62. The number of carbonyl (C=O) groups excluding carboxylic acids is 1. The van der Waals surface area contributed by atoms with Gasteiger partial charge in [0.05, 0.1) is 0 Å². The molecule has 1 saturated carbocycles. The van der Waals surface area contributed by atoms with Crippen LogP contribution in [0.15, 0.2) is 21.7 Å². The van der Waals surface area contributed by atoms with Crippen molar-refractivity contribution in [3.05, 3.63) is 17.5 Å². The van der Waals surface area contributed by atoms with Crippen LogP contribution in [-0.2, 0) is 14.8 Å². The lowest BCUT2D eigenvalue weighted by atomic mass is 10.2. The van der Waals surface area contributed by atoms with E-state index >= 15 is 0 Å². The second-order valence-electron chi connectivity index (χ2n) is 5.95. The molecule has 1 amide bonds. The minimum Gasteiger partial charge on any atom is -0.353 e. The lowest BCUT2D eigenvalue weighted by Gasteiger charge is -2.23. The number of nitrogens with zero attached hydrogens (tertiary/aromatic N) is 1. The van der Waals surface area contributed by atoms with Gasteiger partial charge in [-0.2, -0.15) is 4.31 Å². The van der Waals surface area contributed by atoms with Gasteiger partial charge in [0.25, 0.3) is 10.0 Å². The van der Waals surface area contributed by atoms with E-state index in [0.29, 0.717) is 36.1 Å². The Morgan fingerprint density at radius 2 is 2.17 bits per heavy atom. The summed E-state index contributed by atoms with van der Waals surface area (Å²) in [6.07, 6.45) is 3.52. The van der Waals surface area contributed by atoms with Crippen molar-refractivity contribution in [3.63, 3.8) is 0 Å². The van der Waals surface area contributed by atoms with Crippen molar-refractivity contribution in [1.29, 1.82) is 0 Å². The third-order valence-corrected chi connectivity index (χ3v) is 7.59. The molecule has 1 saturated heterocycles. The van der Waals surface area contributed by atoms with E-state index in [2.05, 4.69) is 5.32 Å². The van der Waals surface area contributed by atoms with Crippen molar-refractivity contribution in [2.75, 3.05) is 13.1 Å². The molecule has 23 heavy (non-hydrogen) atoms. The Kier molecular flexibility index (Phi) is 6.07. The molecule has 0 spiro atoms. The largest absolute Gasteiger partial charge is 0.353 e. The number of hydrogen-bond donors (Lipinski definition) is 2. The van der Waals surface area contributed by atoms with E-state index < -0.39 is 16.1 Å². The molecule has 1 aliphatic heterocycles. The molecule has 2 atom stereocenters. The van der Waals surface area contributed by atoms with E-state index in [1.807, 2.05) is 0 Å². The van der Waals surface area contributed by atoms with Gasteiger partial charge in [-0.15, -0.1) is 23.7 Å². The molecular formula is C14H22ClN3O3S2. The fraction of sp³-hybridized carbons (Fsp3) is 0.643. The summed E-state index contributed by atoms with van der Waals surface area (Å²) in [5.41, 5.74) is 5.98. The Bertz CT molecular complexity index is 632. The maximum Gasteiger partial charge on any atom is 0.253 e. The van der Waals surface area contributed by atoms with Crippen LogP contribution in [0.1, 0.15) is 25.7 Å². The number of carbonyl (C=O) groups is 1. The van der Waals surface area contributed by atoms with Crippen LogP contribution < -0.4 is 11.1 Å². The standard InChI is InChI=1S/C14H21N3O3S2.ClH/c15-11(10-5-6-10)9-16-14(18)12-3-1-7-17(12)22(19,20)13-4-2-8-21-13;/h2,4,8,10-12H,1,3,5-7,9,15H2,(H,16,18);1H. The topological polar surface area (TPSA) is 92.5 Å². The van der Waals surface area contributed by atoms with Crippen LogP contribution in [0.2, 0.25) is 0 Å². The summed E-state index contributed by atoms with van der Waals surface area (Å²) in [6, 6.07) is 2.65. The highest BCUT2D eigenvalue weighted by Crippen LogP contribution is 2.31. The Balaban J connectivity index is 0.00000192. The van der Waals surface area contributed by atoms with Crippen molar-refractivity contribution in [1.82, 2.24) is 9.62 Å². The second-order valence-corrected chi connectivity index (χ2v) is 9.02. The minimum atomic E-state index is -3.57. The van der Waals surface area contributed by atoms with Crippen LogP contribution in [0.25, 0.3) is 0 Å². The zero-order valence-electron chi connectivity index (χ0n) is 12.7. The van der Waals surface area contributed by atoms with Crippen molar-refractivity contribution in [3.8, 4) is 0 Å². The lowest BCUT2D eigenvalue weighted by Crippen LogP contribution is -2.48. The molecule has 2 aliphatic rings. The highest BCUT2D eigenvalue weighted by Gasteiger charge is 2.40. The van der Waals surface area contributed by atoms with Crippen LogP contribution in [-0.4, -0.2) is 43.8 Å². The molecule has 3 rings (SSSR count). The SMILES string of the molecule is Cl.NC(CNC(=O)C1CCCN1S(=O)(=O)c1cccs1)C1CC1. The van der Waals surface area contributed by atoms with E-state index in [1.165, 1.54) is 15.6 Å². The average Bonchev–Trinajstić information content (AvgIpc) is 3.01. The predicted molar refractivity (Wildman–Crippen MR) is 92.2 cm³/mol. The van der Waals surface area contributed by atoms with Gasteiger partial charge in [0.1, 0.15) is 10.3 Å². The summed E-state index contributed by atoms with van der Waals surface area (Å²) in [5.74, 6) is 0.281. The van der Waals surface area contributed by atoms with Gasteiger partial charge in [0.15, 0.2) is 0 Å². The summed E-state index contributed by atoms with van der Waals surface area (Å²) < 4.78 is 26.8. The predicted octanol–water partition coefficient (Wildman–Crippen LogP) is 1.18. The third-order valence-electron chi connectivity index (χ3n) is 4.30. The Morgan fingerprint density at radius 3 is 2.78 bits per heavy atom. The molecule has 1 aromatic heterocycles. The summed E-state index contributed by atoms with van der Waals surface area (Å²) in [6.45, 7) is 0.819. The molecule has 0 aromatic carbocycles. The highest BCUT2D eigenvalue weighted by atomic mass is 35.5. The average molecular weight is 380 g/mol. The van der Waals surface area contributed by atoms with Crippen molar-refractivity contribution >= 4 is 39.7 Å². The van der Waals surface area contributed by atoms with E-state index in [1.54, 1.807) is 17.5 Å². The number of thiophene rings is 1. The van der Waals surface area contributed by atoms with Crippen LogP contribution in [0.3, 0.4) is 0 Å². The first-order valence-corrected chi connectivity index (χ1v) is 9.91. The number of nitrogens with one attached hydrogen (secondary N) is 1. The molecule has 2 heterocycles. The summed E-state index contributed by atoms with van der Waals surface area (Å²) in [7, 11) is -3.57. The first-order chi connectivity index (χ1) is 10.5. The molecule has 2 unspecified atom stereocenters. The number of halogens is 1. The lowest BCUT2D eigenvalue weighted by molar-refractivity contribution is -0.124. The third kappa shape index (κ3) is 4.06. The molecule has 0 bridgehead atoms. The van der Waals surface area contributed by atoms with Gasteiger partial charge in [-0.05, 0) is 43.0 Å². The van der Waals surface area contributed by atoms with Crippen LogP contribution in [0.4, 0.5) is 0 Å². The highest BCUT2D eigenvalue weighted by molar-refractivity contribution is 7.91. The van der Waals surface area contributed by atoms with Gasteiger partial charge < -0.3 is 11.1 Å². The van der Waals surface area contributed by atoms with Crippen LogP contribution >= 0.6 is 23.7 Å². The van der Waals surface area contributed by atoms with Gasteiger partial charge in [-0.1, -0.05) is 6.07 Å². The first kappa shape index (κ1) is 18.7. The van der Waals surface area contributed by atoms with E-state index in [9.17, 15) is 13.2 Å². The maximum atomic E-state index is 12.6. The van der Waals surface area contributed by atoms with E-state index in [-0.39, 0.29) is 24.4 Å². The molecule has 6 nitrogen and oxygen atoms in total. The summed E-state index contributed by atoms with van der Waals surface area (Å²) in [4.78, 5) is 12.4. The van der Waals surface area contributed by atoms with Gasteiger partial charge in [-0.3, -0.25) is 4.79 Å². The quantitative estimate of drug-likeness (QED) is 0.776. The van der Waals surface area contributed by atoms with Crippen molar-refractivity contribution in [2.24, 2.45) is 11.7 Å². The van der Waals surface area contributed by atoms with Gasteiger partial charge >= 0.3 is 0 Å². The van der Waals surface area contributed by atoms with Crippen molar-refractivity contribution < 1.29 is 13.2 Å². The molecule has 1 aromatic rings. The number of sulfonamides is 1. The normalized spacial score (nSPS) is 23.3. The Labute approximate surface area is 146 Å². The number of rotatable bonds is 6. The Morgan fingerprint density at radius 1 is 1.43 bits per heavy atom. The summed E-state index contributed by atoms with van der Waals surface area (Å²) >= 11 is 1.18. The molecule has 130 valence electrons. The monoisotopic (exact) mass is 379 g/mol. The molecule has 1 aliphatic carbocycles. The van der Waals surface area contributed by atoms with Gasteiger partial charge in [0, 0.05) is 19.1 Å². The van der Waals surface area contributed by atoms with Gasteiger partial charge in [-0.25, -0.2) is 8.42 Å². The molecular weight excluding hydrogens is 358 g/mol. The fourth-order valence-electron chi connectivity index (χ4n) is 2.84. The van der Waals surface area contributed by atoms with Gasteiger partial charge in [0.2, 0.25) is 5.91 Å². The minimum absolute atomic E-state index is 0. The molecule has 3 N–H and O–H groups in total. The second kappa shape index (κ2) is 7.48. The van der Waals surface area contributed by atoms with Crippen LogP contribution in [0.5, 0.6) is 0 Å². The van der Waals surface area contributed by atoms with Crippen molar-refractivity contribution in [2.45, 2.75) is 42.0 Å².